The summed E-state index contributed by atoms with van der Waals surface area (Å²) in [5.41, 5.74) is 0.487. The molecule has 28 heavy (non-hydrogen) atoms. The molecule has 0 aliphatic carbocycles. The summed E-state index contributed by atoms with van der Waals surface area (Å²) in [6, 6.07) is 4.91. The minimum atomic E-state index is -3.82. The monoisotopic (exact) mass is 481 g/mol. The number of aromatic hydroxyl groups is 1. The summed E-state index contributed by atoms with van der Waals surface area (Å²) in [6.45, 7) is 0. The molecule has 0 amide bonds. The van der Waals surface area contributed by atoms with E-state index >= 15 is 0 Å². The van der Waals surface area contributed by atoms with Crippen molar-refractivity contribution in [2.45, 2.75) is 4.21 Å². The van der Waals surface area contributed by atoms with Crippen molar-refractivity contribution in [2.24, 2.45) is 0 Å². The van der Waals surface area contributed by atoms with Crippen molar-refractivity contribution in [1.82, 2.24) is 13.1 Å². The number of thiophene rings is 1. The second kappa shape index (κ2) is 7.99. The maximum Gasteiger partial charge on any atom is 0.255 e. The quantitative estimate of drug-likeness (QED) is 0.449. The molecule has 0 radical (unpaired) electrons. The SMILES string of the molecule is CN(C)S(=O)(=O)c1scc(Nc2n[s+]([O-])nc2Nc2cccc(Cl)c2Cl)c1O. The van der Waals surface area contributed by atoms with Crippen LogP contribution in [-0.4, -0.2) is 45.2 Å². The lowest BCUT2D eigenvalue weighted by Crippen LogP contribution is -2.21. The van der Waals surface area contributed by atoms with E-state index in [-0.39, 0.29) is 26.6 Å². The number of hydrogen-bond acceptors (Lipinski definition) is 9. The third kappa shape index (κ3) is 4.03. The van der Waals surface area contributed by atoms with Gasteiger partial charge in [-0.2, -0.15) is 0 Å². The van der Waals surface area contributed by atoms with E-state index < -0.39 is 26.9 Å². The third-order valence-electron chi connectivity index (χ3n) is 3.47. The van der Waals surface area contributed by atoms with Gasteiger partial charge in [0.25, 0.3) is 10.0 Å². The Labute approximate surface area is 177 Å². The average Bonchev–Trinajstić information content (AvgIpc) is 3.15. The third-order valence-corrected chi connectivity index (χ3v) is 8.27. The Morgan fingerprint density at radius 3 is 2.39 bits per heavy atom. The Morgan fingerprint density at radius 2 is 1.79 bits per heavy atom. The lowest BCUT2D eigenvalue weighted by Gasteiger charge is -2.10. The lowest BCUT2D eigenvalue weighted by molar-refractivity contribution is 0.460. The molecule has 3 rings (SSSR count). The van der Waals surface area contributed by atoms with Crippen molar-refractivity contribution in [2.75, 3.05) is 24.7 Å². The summed E-state index contributed by atoms with van der Waals surface area (Å²) >= 11 is 11.0. The first-order chi connectivity index (χ1) is 13.1. The van der Waals surface area contributed by atoms with E-state index in [1.807, 2.05) is 0 Å². The molecule has 0 spiro atoms. The van der Waals surface area contributed by atoms with E-state index in [1.54, 1.807) is 18.2 Å². The molecule has 0 fully saturated rings. The predicted octanol–water partition coefficient (Wildman–Crippen LogP) is 4.02. The van der Waals surface area contributed by atoms with E-state index in [0.717, 1.165) is 15.6 Å². The number of benzene rings is 1. The van der Waals surface area contributed by atoms with Crippen LogP contribution in [0, 0.1) is 0 Å². The zero-order valence-corrected chi connectivity index (χ0v) is 18.3. The standard InChI is InChI=1S/C14H13Cl2N5O4S3/c1-21(2)28(24,25)14-11(22)9(6-26-14)18-13-12(19-27(23)20-13)17-8-5-3-4-7(15)10(8)16/h3-6,22H,1-2H3,(H,17,19)(H,18,20). The molecule has 0 bridgehead atoms. The molecule has 3 N–H and O–H groups in total. The Kier molecular flexibility index (Phi) is 6.00. The van der Waals surface area contributed by atoms with Crippen molar-refractivity contribution in [3.05, 3.63) is 33.6 Å². The van der Waals surface area contributed by atoms with Gasteiger partial charge in [0, 0.05) is 28.2 Å². The van der Waals surface area contributed by atoms with Gasteiger partial charge in [-0.05, 0) is 12.1 Å². The van der Waals surface area contributed by atoms with Crippen LogP contribution < -0.4 is 10.6 Å². The fourth-order valence-corrected chi connectivity index (χ4v) is 5.40. The van der Waals surface area contributed by atoms with Gasteiger partial charge in [0.15, 0.2) is 21.1 Å². The summed E-state index contributed by atoms with van der Waals surface area (Å²) in [6.07, 6.45) is 0. The van der Waals surface area contributed by atoms with Gasteiger partial charge in [0.1, 0.15) is 0 Å². The molecule has 9 nitrogen and oxygen atoms in total. The van der Waals surface area contributed by atoms with E-state index in [1.165, 1.54) is 19.5 Å². The first-order valence-corrected chi connectivity index (χ1v) is 11.6. The molecule has 0 aliphatic heterocycles. The molecular formula is C14H13Cl2N5O4S3. The first kappa shape index (κ1) is 21.0. The first-order valence-electron chi connectivity index (χ1n) is 7.42. The van der Waals surface area contributed by atoms with Gasteiger partial charge in [-0.1, -0.05) is 29.3 Å². The molecule has 1 unspecified atom stereocenters. The second-order valence-corrected chi connectivity index (χ2v) is 10.4. The van der Waals surface area contributed by atoms with Crippen LogP contribution in [0.2, 0.25) is 10.0 Å². The number of hydrogen-bond donors (Lipinski definition) is 3. The van der Waals surface area contributed by atoms with Gasteiger partial charge in [0.2, 0.25) is 11.6 Å². The molecule has 2 aromatic heterocycles. The molecule has 1 aromatic carbocycles. The molecule has 0 saturated carbocycles. The van der Waals surface area contributed by atoms with Crippen LogP contribution in [0.15, 0.2) is 27.8 Å². The van der Waals surface area contributed by atoms with Crippen LogP contribution in [0.1, 0.15) is 0 Å². The van der Waals surface area contributed by atoms with E-state index in [4.69, 9.17) is 23.2 Å². The Bertz CT molecular complexity index is 1130. The second-order valence-electron chi connectivity index (χ2n) is 5.53. The largest absolute Gasteiger partial charge is 0.546 e. The maximum absolute atomic E-state index is 12.2. The number of anilines is 4. The van der Waals surface area contributed by atoms with Crippen molar-refractivity contribution in [1.29, 1.82) is 0 Å². The average molecular weight is 482 g/mol. The molecule has 1 atom stereocenters. The number of nitrogens with zero attached hydrogens (tertiary/aromatic N) is 3. The Morgan fingerprint density at radius 1 is 1.18 bits per heavy atom. The highest BCUT2D eigenvalue weighted by atomic mass is 35.5. The van der Waals surface area contributed by atoms with Crippen molar-refractivity contribution < 1.29 is 18.1 Å². The molecule has 3 aromatic rings. The highest BCUT2D eigenvalue weighted by Gasteiger charge is 2.27. The number of sulfonamides is 1. The summed E-state index contributed by atoms with van der Waals surface area (Å²) in [5.74, 6) is -0.347. The molecular weight excluding hydrogens is 469 g/mol. The lowest BCUT2D eigenvalue weighted by atomic mass is 10.3. The smallest absolute Gasteiger partial charge is 0.255 e. The van der Waals surface area contributed by atoms with Gasteiger partial charge in [0.05, 0.1) is 21.4 Å². The van der Waals surface area contributed by atoms with E-state index in [9.17, 15) is 18.1 Å². The molecule has 0 saturated heterocycles. The van der Waals surface area contributed by atoms with E-state index in [2.05, 4.69) is 19.4 Å². The zero-order chi connectivity index (χ0) is 20.6. The van der Waals surface area contributed by atoms with Crippen molar-refractivity contribution >= 4 is 78.7 Å². The minimum absolute atomic E-state index is 0.0382. The van der Waals surface area contributed by atoms with Crippen LogP contribution in [0.4, 0.5) is 23.0 Å². The summed E-state index contributed by atoms with van der Waals surface area (Å²) in [5, 5.41) is 17.9. The van der Waals surface area contributed by atoms with Gasteiger partial charge in [-0.3, -0.25) is 0 Å². The van der Waals surface area contributed by atoms with Crippen LogP contribution in [0.5, 0.6) is 5.75 Å². The summed E-state index contributed by atoms with van der Waals surface area (Å²) in [4.78, 5) is 0. The molecule has 2 heterocycles. The zero-order valence-electron chi connectivity index (χ0n) is 14.3. The molecule has 150 valence electrons. The maximum atomic E-state index is 12.2. The fourth-order valence-electron chi connectivity index (χ4n) is 2.05. The van der Waals surface area contributed by atoms with Gasteiger partial charge in [-0.25, -0.2) is 12.7 Å². The van der Waals surface area contributed by atoms with Crippen LogP contribution in [-0.2, 0) is 10.0 Å². The van der Waals surface area contributed by atoms with E-state index in [0.29, 0.717) is 10.7 Å². The predicted molar refractivity (Wildman–Crippen MR) is 111 cm³/mol. The molecule has 0 aliphatic rings. The highest BCUT2D eigenvalue weighted by Crippen LogP contribution is 2.41. The Balaban J connectivity index is 1.93. The van der Waals surface area contributed by atoms with Crippen LogP contribution >= 0.6 is 45.7 Å². The van der Waals surface area contributed by atoms with Crippen molar-refractivity contribution in [3.8, 4) is 5.75 Å². The topological polar surface area (TPSA) is 131 Å². The normalized spacial score (nSPS) is 12.4. The number of rotatable bonds is 6. The number of halogens is 2. The van der Waals surface area contributed by atoms with Crippen LogP contribution in [0.25, 0.3) is 0 Å². The van der Waals surface area contributed by atoms with Gasteiger partial charge < -0.3 is 20.3 Å². The summed E-state index contributed by atoms with van der Waals surface area (Å²) in [7, 11) is -1.11. The number of aromatic nitrogens is 2. The Hall–Kier alpha value is -1.67. The van der Waals surface area contributed by atoms with Crippen LogP contribution in [0.3, 0.4) is 0 Å². The van der Waals surface area contributed by atoms with Crippen molar-refractivity contribution in [3.63, 3.8) is 0 Å². The van der Waals surface area contributed by atoms with Gasteiger partial charge in [-0.15, -0.1) is 11.3 Å². The highest BCUT2D eigenvalue weighted by molar-refractivity contribution is 7.91. The fraction of sp³-hybridized carbons (Fsp3) is 0.143. The van der Waals surface area contributed by atoms with Gasteiger partial charge >= 0.3 is 0 Å². The number of nitrogens with one attached hydrogen (secondary N) is 2. The minimum Gasteiger partial charge on any atom is -0.546 e. The summed E-state index contributed by atoms with van der Waals surface area (Å²) < 4.78 is 44.7. The molecule has 14 heteroatoms.